The average Bonchev–Trinajstić information content (AvgIpc) is 3.18. The Balaban J connectivity index is 1.96. The summed E-state index contributed by atoms with van der Waals surface area (Å²) in [5, 5.41) is 0. The largest absolute Gasteiger partial charge is 0.342 e. The van der Waals surface area contributed by atoms with E-state index in [4.69, 9.17) is 12.2 Å². The first-order valence-corrected chi connectivity index (χ1v) is 7.50. The van der Waals surface area contributed by atoms with Gasteiger partial charge in [-0.3, -0.25) is 0 Å². The molecule has 1 saturated carbocycles. The maximum atomic E-state index is 5.34. The molecule has 1 aromatic heterocycles. The Morgan fingerprint density at radius 1 is 1.24 bits per heavy atom. The lowest BCUT2D eigenvalue weighted by molar-refractivity contribution is 0.567. The lowest BCUT2D eigenvalue weighted by atomic mass is 10.1. The summed E-state index contributed by atoms with van der Waals surface area (Å²) in [5.74, 6) is 1.64. The summed E-state index contributed by atoms with van der Waals surface area (Å²) < 4.78 is 1.70. The zero-order valence-corrected chi connectivity index (χ0v) is 12.1. The van der Waals surface area contributed by atoms with E-state index in [0.717, 1.165) is 23.5 Å². The highest BCUT2D eigenvalue weighted by molar-refractivity contribution is 9.10. The van der Waals surface area contributed by atoms with Crippen LogP contribution in [-0.4, -0.2) is 23.1 Å². The Morgan fingerprint density at radius 2 is 1.94 bits per heavy atom. The molecule has 2 aliphatic rings. The Hall–Kier alpha value is -0.420. The van der Waals surface area contributed by atoms with E-state index < -0.39 is 0 Å². The number of H-pyrrole nitrogens is 1. The van der Waals surface area contributed by atoms with Crippen LogP contribution in [0.2, 0.25) is 0 Å². The van der Waals surface area contributed by atoms with Crippen LogP contribution in [0.15, 0.2) is 4.47 Å². The van der Waals surface area contributed by atoms with Crippen molar-refractivity contribution >= 4 is 34.1 Å². The van der Waals surface area contributed by atoms with Gasteiger partial charge in [-0.2, -0.15) is 0 Å². The van der Waals surface area contributed by atoms with Gasteiger partial charge in [0.1, 0.15) is 4.64 Å². The first-order chi connectivity index (χ1) is 8.25. The van der Waals surface area contributed by atoms with E-state index in [1.54, 1.807) is 0 Å². The van der Waals surface area contributed by atoms with E-state index >= 15 is 0 Å². The molecule has 1 saturated heterocycles. The van der Waals surface area contributed by atoms with Crippen LogP contribution in [0.5, 0.6) is 0 Å². The molecule has 0 aromatic carbocycles. The minimum atomic E-state index is 0.664. The number of anilines is 1. The Kier molecular flexibility index (Phi) is 3.21. The second kappa shape index (κ2) is 4.69. The summed E-state index contributed by atoms with van der Waals surface area (Å²) in [6, 6.07) is 0. The third-order valence-electron chi connectivity index (χ3n) is 3.52. The van der Waals surface area contributed by atoms with Crippen LogP contribution < -0.4 is 4.90 Å². The van der Waals surface area contributed by atoms with Crippen molar-refractivity contribution in [2.45, 2.75) is 38.0 Å². The summed E-state index contributed by atoms with van der Waals surface area (Å²) in [5.41, 5.74) is 1.26. The smallest absolute Gasteiger partial charge is 0.204 e. The topological polar surface area (TPSA) is 31.9 Å². The molecule has 1 aliphatic carbocycles. The number of hydrogen-bond donors (Lipinski definition) is 1. The third kappa shape index (κ3) is 2.40. The Labute approximate surface area is 115 Å². The van der Waals surface area contributed by atoms with Crippen LogP contribution in [0, 0.1) is 4.64 Å². The fourth-order valence-electron chi connectivity index (χ4n) is 2.37. The van der Waals surface area contributed by atoms with Gasteiger partial charge in [-0.1, -0.05) is 12.2 Å². The van der Waals surface area contributed by atoms with Crippen LogP contribution in [0.25, 0.3) is 0 Å². The van der Waals surface area contributed by atoms with Gasteiger partial charge in [0, 0.05) is 24.7 Å². The van der Waals surface area contributed by atoms with Gasteiger partial charge in [-0.15, -0.1) is 0 Å². The Bertz CT molecular complexity index is 475. The van der Waals surface area contributed by atoms with Gasteiger partial charge in [0.05, 0.1) is 4.47 Å². The van der Waals surface area contributed by atoms with Crippen molar-refractivity contribution in [3.8, 4) is 0 Å². The SMILES string of the molecule is S=c1nc(N2CCCCC2)[nH]c(C2CC2)c1Br. The Morgan fingerprint density at radius 3 is 2.59 bits per heavy atom. The van der Waals surface area contributed by atoms with Crippen molar-refractivity contribution in [1.82, 2.24) is 9.97 Å². The van der Waals surface area contributed by atoms with E-state index in [2.05, 4.69) is 30.8 Å². The quantitative estimate of drug-likeness (QED) is 0.843. The minimum absolute atomic E-state index is 0.664. The lowest BCUT2D eigenvalue weighted by Crippen LogP contribution is -2.31. The zero-order chi connectivity index (χ0) is 11.8. The molecule has 1 N–H and O–H groups in total. The molecule has 3 rings (SSSR count). The van der Waals surface area contributed by atoms with Crippen LogP contribution in [-0.2, 0) is 0 Å². The standard InChI is InChI=1S/C12H16BrN3S/c13-9-10(8-4-5-8)14-12(15-11(9)17)16-6-2-1-3-7-16/h8H,1-7H2,(H,14,15,17). The third-order valence-corrected chi connectivity index (χ3v) is 4.88. The average molecular weight is 314 g/mol. The minimum Gasteiger partial charge on any atom is -0.342 e. The molecule has 2 heterocycles. The summed E-state index contributed by atoms with van der Waals surface area (Å²) in [6.45, 7) is 2.20. The van der Waals surface area contributed by atoms with Crippen molar-refractivity contribution in [1.29, 1.82) is 0 Å². The number of nitrogens with one attached hydrogen (secondary N) is 1. The second-order valence-corrected chi connectivity index (χ2v) is 6.09. The molecular weight excluding hydrogens is 298 g/mol. The van der Waals surface area contributed by atoms with Gasteiger partial charge in [-0.05, 0) is 48.0 Å². The van der Waals surface area contributed by atoms with Gasteiger partial charge >= 0.3 is 0 Å². The predicted octanol–water partition coefficient (Wildman–Crippen LogP) is 3.77. The van der Waals surface area contributed by atoms with E-state index in [9.17, 15) is 0 Å². The van der Waals surface area contributed by atoms with Crippen LogP contribution in [0.3, 0.4) is 0 Å². The predicted molar refractivity (Wildman–Crippen MR) is 75.2 cm³/mol. The molecule has 3 nitrogen and oxygen atoms in total. The van der Waals surface area contributed by atoms with Gasteiger partial charge in [-0.25, -0.2) is 4.98 Å². The number of halogens is 1. The van der Waals surface area contributed by atoms with Crippen molar-refractivity contribution in [2.75, 3.05) is 18.0 Å². The highest BCUT2D eigenvalue weighted by Gasteiger charge is 2.28. The number of aromatic amines is 1. The molecule has 17 heavy (non-hydrogen) atoms. The molecule has 92 valence electrons. The van der Waals surface area contributed by atoms with E-state index in [1.165, 1.54) is 37.8 Å². The number of rotatable bonds is 2. The first kappa shape index (κ1) is 11.7. The summed E-state index contributed by atoms with van der Waals surface area (Å²) in [4.78, 5) is 10.3. The molecule has 0 atom stereocenters. The molecule has 1 aromatic rings. The molecule has 1 aliphatic heterocycles. The van der Waals surface area contributed by atoms with E-state index in [1.807, 2.05) is 0 Å². The molecule has 0 radical (unpaired) electrons. The number of piperidine rings is 1. The molecule has 2 fully saturated rings. The van der Waals surface area contributed by atoms with Crippen LogP contribution >= 0.6 is 28.1 Å². The van der Waals surface area contributed by atoms with Gasteiger partial charge < -0.3 is 9.88 Å². The lowest BCUT2D eigenvalue weighted by Gasteiger charge is -2.27. The normalized spacial score (nSPS) is 20.6. The van der Waals surface area contributed by atoms with Crippen molar-refractivity contribution in [3.05, 3.63) is 14.8 Å². The van der Waals surface area contributed by atoms with Crippen molar-refractivity contribution in [2.24, 2.45) is 0 Å². The van der Waals surface area contributed by atoms with Gasteiger partial charge in [0.15, 0.2) is 0 Å². The summed E-state index contributed by atoms with van der Waals surface area (Å²) >= 11 is 8.90. The fourth-order valence-corrected chi connectivity index (χ4v) is 3.08. The zero-order valence-electron chi connectivity index (χ0n) is 9.71. The molecular formula is C12H16BrN3S. The summed E-state index contributed by atoms with van der Waals surface area (Å²) in [7, 11) is 0. The number of aromatic nitrogens is 2. The van der Waals surface area contributed by atoms with E-state index in [-0.39, 0.29) is 0 Å². The van der Waals surface area contributed by atoms with Gasteiger partial charge in [0.2, 0.25) is 5.95 Å². The molecule has 0 unspecified atom stereocenters. The molecule has 0 spiro atoms. The summed E-state index contributed by atoms with van der Waals surface area (Å²) in [6.07, 6.45) is 6.40. The highest BCUT2D eigenvalue weighted by atomic mass is 79.9. The molecule has 0 amide bonds. The maximum Gasteiger partial charge on any atom is 0.204 e. The van der Waals surface area contributed by atoms with Crippen LogP contribution in [0.4, 0.5) is 5.95 Å². The van der Waals surface area contributed by atoms with Crippen molar-refractivity contribution in [3.63, 3.8) is 0 Å². The monoisotopic (exact) mass is 313 g/mol. The number of hydrogen-bond acceptors (Lipinski definition) is 3. The number of nitrogens with zero attached hydrogens (tertiary/aromatic N) is 2. The van der Waals surface area contributed by atoms with Crippen molar-refractivity contribution < 1.29 is 0 Å². The fraction of sp³-hybridized carbons (Fsp3) is 0.667. The molecule has 5 heteroatoms. The van der Waals surface area contributed by atoms with Gasteiger partial charge in [0.25, 0.3) is 0 Å². The highest BCUT2D eigenvalue weighted by Crippen LogP contribution is 2.42. The first-order valence-electron chi connectivity index (χ1n) is 6.30. The molecule has 0 bridgehead atoms. The van der Waals surface area contributed by atoms with E-state index in [0.29, 0.717) is 10.6 Å². The second-order valence-electron chi connectivity index (χ2n) is 4.92. The van der Waals surface area contributed by atoms with Crippen LogP contribution in [0.1, 0.15) is 43.7 Å². The maximum absolute atomic E-state index is 5.34.